The summed E-state index contributed by atoms with van der Waals surface area (Å²) in [5, 5.41) is 3.56. The predicted octanol–water partition coefficient (Wildman–Crippen LogP) is 3.39. The number of nitrogens with one attached hydrogen (secondary N) is 1. The van der Waals surface area contributed by atoms with E-state index in [-0.39, 0.29) is 0 Å². The summed E-state index contributed by atoms with van der Waals surface area (Å²) in [6.07, 6.45) is 1.23. The monoisotopic (exact) mass is 233 g/mol. The van der Waals surface area contributed by atoms with Crippen LogP contribution in [0.3, 0.4) is 0 Å². The lowest BCUT2D eigenvalue weighted by Gasteiger charge is -2.14. The van der Waals surface area contributed by atoms with Gasteiger partial charge in [0.2, 0.25) is 0 Å². The second-order valence-corrected chi connectivity index (χ2v) is 5.58. The normalized spacial score (nSPS) is 24.2. The SMILES string of the molecule is CC(C)COc1cccc(C2CC(C)CN2)c1. The lowest BCUT2D eigenvalue weighted by Crippen LogP contribution is -2.13. The zero-order chi connectivity index (χ0) is 12.3. The van der Waals surface area contributed by atoms with Crippen LogP contribution in [0.2, 0.25) is 0 Å². The highest BCUT2D eigenvalue weighted by molar-refractivity contribution is 5.31. The second kappa shape index (κ2) is 5.54. The van der Waals surface area contributed by atoms with Crippen LogP contribution < -0.4 is 10.1 Å². The molecule has 1 heterocycles. The zero-order valence-corrected chi connectivity index (χ0v) is 11.1. The molecule has 17 heavy (non-hydrogen) atoms. The molecule has 2 nitrogen and oxygen atoms in total. The first kappa shape index (κ1) is 12.4. The molecule has 1 fully saturated rings. The Balaban J connectivity index is 2.01. The number of rotatable bonds is 4. The predicted molar refractivity (Wildman–Crippen MR) is 71.3 cm³/mol. The number of benzene rings is 1. The highest BCUT2D eigenvalue weighted by Gasteiger charge is 2.21. The van der Waals surface area contributed by atoms with Crippen molar-refractivity contribution in [1.82, 2.24) is 5.32 Å². The fraction of sp³-hybridized carbons (Fsp3) is 0.600. The number of hydrogen-bond donors (Lipinski definition) is 1. The minimum absolute atomic E-state index is 0.507. The Kier molecular flexibility index (Phi) is 4.06. The molecule has 1 aliphatic rings. The Labute approximate surface area is 104 Å². The van der Waals surface area contributed by atoms with Crippen molar-refractivity contribution in [3.8, 4) is 5.75 Å². The second-order valence-electron chi connectivity index (χ2n) is 5.58. The van der Waals surface area contributed by atoms with Crippen LogP contribution in [0.4, 0.5) is 0 Å². The van der Waals surface area contributed by atoms with Crippen molar-refractivity contribution < 1.29 is 4.74 Å². The van der Waals surface area contributed by atoms with Crippen LogP contribution in [-0.2, 0) is 0 Å². The van der Waals surface area contributed by atoms with Crippen molar-refractivity contribution in [3.63, 3.8) is 0 Å². The third-order valence-corrected chi connectivity index (χ3v) is 3.19. The van der Waals surface area contributed by atoms with Gasteiger partial charge in [0.25, 0.3) is 0 Å². The average molecular weight is 233 g/mol. The van der Waals surface area contributed by atoms with Crippen molar-refractivity contribution in [2.45, 2.75) is 33.2 Å². The highest BCUT2D eigenvalue weighted by atomic mass is 16.5. The summed E-state index contributed by atoms with van der Waals surface area (Å²) in [5.74, 6) is 2.35. The van der Waals surface area contributed by atoms with Gasteiger partial charge in [0, 0.05) is 6.04 Å². The first-order valence-electron chi connectivity index (χ1n) is 6.61. The maximum absolute atomic E-state index is 5.77. The summed E-state index contributed by atoms with van der Waals surface area (Å²) < 4.78 is 5.77. The van der Waals surface area contributed by atoms with Crippen LogP contribution >= 0.6 is 0 Å². The van der Waals surface area contributed by atoms with Crippen LogP contribution in [0.5, 0.6) is 5.75 Å². The molecule has 0 amide bonds. The lowest BCUT2D eigenvalue weighted by molar-refractivity contribution is 0.270. The molecule has 2 unspecified atom stereocenters. The maximum Gasteiger partial charge on any atom is 0.119 e. The van der Waals surface area contributed by atoms with Gasteiger partial charge >= 0.3 is 0 Å². The van der Waals surface area contributed by atoms with Gasteiger partial charge in [0.1, 0.15) is 5.75 Å². The molecule has 2 rings (SSSR count). The Morgan fingerprint density at radius 1 is 1.41 bits per heavy atom. The van der Waals surface area contributed by atoms with Crippen LogP contribution in [-0.4, -0.2) is 13.2 Å². The molecule has 2 atom stereocenters. The van der Waals surface area contributed by atoms with Crippen LogP contribution in [0.25, 0.3) is 0 Å². The van der Waals surface area contributed by atoms with E-state index in [0.29, 0.717) is 12.0 Å². The van der Waals surface area contributed by atoms with Gasteiger partial charge in [-0.3, -0.25) is 0 Å². The quantitative estimate of drug-likeness (QED) is 0.860. The summed E-state index contributed by atoms with van der Waals surface area (Å²) in [5.41, 5.74) is 1.36. The Morgan fingerprint density at radius 3 is 2.88 bits per heavy atom. The Morgan fingerprint density at radius 2 is 2.24 bits per heavy atom. The summed E-state index contributed by atoms with van der Waals surface area (Å²) in [4.78, 5) is 0. The lowest BCUT2D eigenvalue weighted by atomic mass is 10.0. The molecule has 0 radical (unpaired) electrons. The summed E-state index contributed by atoms with van der Waals surface area (Å²) in [6, 6.07) is 9.02. The number of ether oxygens (including phenoxy) is 1. The molecule has 1 N–H and O–H groups in total. The van der Waals surface area contributed by atoms with Crippen molar-refractivity contribution in [1.29, 1.82) is 0 Å². The van der Waals surface area contributed by atoms with E-state index >= 15 is 0 Å². The van der Waals surface area contributed by atoms with Gasteiger partial charge in [-0.25, -0.2) is 0 Å². The average Bonchev–Trinajstić information content (AvgIpc) is 2.74. The summed E-state index contributed by atoms with van der Waals surface area (Å²) in [7, 11) is 0. The van der Waals surface area contributed by atoms with Crippen molar-refractivity contribution >= 4 is 0 Å². The van der Waals surface area contributed by atoms with Gasteiger partial charge in [-0.05, 0) is 42.5 Å². The third-order valence-electron chi connectivity index (χ3n) is 3.19. The number of hydrogen-bond acceptors (Lipinski definition) is 2. The van der Waals surface area contributed by atoms with E-state index in [1.807, 2.05) is 6.07 Å². The Bertz CT molecular complexity index is 362. The van der Waals surface area contributed by atoms with Crippen LogP contribution in [0.15, 0.2) is 24.3 Å². The van der Waals surface area contributed by atoms with Gasteiger partial charge in [-0.2, -0.15) is 0 Å². The highest BCUT2D eigenvalue weighted by Crippen LogP contribution is 2.28. The van der Waals surface area contributed by atoms with E-state index in [9.17, 15) is 0 Å². The first-order chi connectivity index (χ1) is 8.15. The van der Waals surface area contributed by atoms with Gasteiger partial charge in [0.15, 0.2) is 0 Å². The first-order valence-corrected chi connectivity index (χ1v) is 6.61. The van der Waals surface area contributed by atoms with E-state index in [1.165, 1.54) is 12.0 Å². The molecule has 0 aliphatic carbocycles. The van der Waals surface area contributed by atoms with E-state index in [1.54, 1.807) is 0 Å². The molecule has 2 heteroatoms. The van der Waals surface area contributed by atoms with Gasteiger partial charge in [-0.15, -0.1) is 0 Å². The summed E-state index contributed by atoms with van der Waals surface area (Å²) >= 11 is 0. The van der Waals surface area contributed by atoms with Crippen LogP contribution in [0, 0.1) is 11.8 Å². The molecular formula is C15H23NO. The van der Waals surface area contributed by atoms with E-state index in [0.717, 1.165) is 24.8 Å². The molecule has 1 saturated heterocycles. The summed E-state index contributed by atoms with van der Waals surface area (Å²) in [6.45, 7) is 8.56. The van der Waals surface area contributed by atoms with E-state index in [2.05, 4.69) is 44.3 Å². The van der Waals surface area contributed by atoms with Gasteiger partial charge in [-0.1, -0.05) is 32.9 Å². The van der Waals surface area contributed by atoms with Gasteiger partial charge < -0.3 is 10.1 Å². The van der Waals surface area contributed by atoms with E-state index < -0.39 is 0 Å². The van der Waals surface area contributed by atoms with Crippen molar-refractivity contribution in [2.24, 2.45) is 11.8 Å². The van der Waals surface area contributed by atoms with Crippen molar-refractivity contribution in [2.75, 3.05) is 13.2 Å². The topological polar surface area (TPSA) is 21.3 Å². The minimum atomic E-state index is 0.507. The molecule has 0 spiro atoms. The fourth-order valence-electron chi connectivity index (χ4n) is 2.25. The maximum atomic E-state index is 5.77. The molecular weight excluding hydrogens is 210 g/mol. The minimum Gasteiger partial charge on any atom is -0.493 e. The fourth-order valence-corrected chi connectivity index (χ4v) is 2.25. The van der Waals surface area contributed by atoms with E-state index in [4.69, 9.17) is 4.74 Å². The van der Waals surface area contributed by atoms with Gasteiger partial charge in [0.05, 0.1) is 6.61 Å². The Hall–Kier alpha value is -1.02. The van der Waals surface area contributed by atoms with Crippen LogP contribution in [0.1, 0.15) is 38.8 Å². The molecule has 1 aliphatic heterocycles. The largest absolute Gasteiger partial charge is 0.493 e. The molecule has 1 aromatic carbocycles. The molecule has 0 bridgehead atoms. The van der Waals surface area contributed by atoms with Crippen molar-refractivity contribution in [3.05, 3.63) is 29.8 Å². The smallest absolute Gasteiger partial charge is 0.119 e. The third kappa shape index (κ3) is 3.47. The molecule has 0 saturated carbocycles. The standard InChI is InChI=1S/C15H23NO/c1-11(2)10-17-14-6-4-5-13(8-14)15-7-12(3)9-16-15/h4-6,8,11-12,15-16H,7,9-10H2,1-3H3. The zero-order valence-electron chi connectivity index (χ0n) is 11.1. The molecule has 0 aromatic heterocycles. The molecule has 94 valence electrons. The molecule has 1 aromatic rings.